The molecule has 0 fully saturated rings. The number of halogens is 5. The summed E-state index contributed by atoms with van der Waals surface area (Å²) in [7, 11) is 1.55. The first-order chi connectivity index (χ1) is 11.6. The molecule has 1 aromatic carbocycles. The summed E-state index contributed by atoms with van der Waals surface area (Å²) in [4.78, 5) is 9.96. The van der Waals surface area contributed by atoms with Gasteiger partial charge in [0.25, 0.3) is 0 Å². The van der Waals surface area contributed by atoms with Gasteiger partial charge in [0.2, 0.25) is 0 Å². The van der Waals surface area contributed by atoms with Crippen LogP contribution >= 0.6 is 23.2 Å². The monoisotopic (exact) mass is 394 g/mol. The molecule has 2 unspecified atom stereocenters. The molecule has 0 amide bonds. The van der Waals surface area contributed by atoms with E-state index in [4.69, 9.17) is 28.9 Å². The Hall–Kier alpha value is -1.31. The Kier molecular flexibility index (Phi) is 6.35. The molecule has 0 spiro atoms. The van der Waals surface area contributed by atoms with E-state index in [0.29, 0.717) is 30.5 Å². The molecule has 9 heteroatoms. The van der Waals surface area contributed by atoms with Crippen molar-refractivity contribution in [3.8, 4) is 0 Å². The smallest absolute Gasteiger partial charge is 0.386 e. The van der Waals surface area contributed by atoms with Crippen molar-refractivity contribution in [1.82, 2.24) is 4.90 Å². The highest BCUT2D eigenvalue weighted by molar-refractivity contribution is 6.65. The highest BCUT2D eigenvalue weighted by Gasteiger charge is 2.38. The standard InChI is InChI=1S/C16H19Cl2F3N4/c1-9(11-7-10(17)3-4-12(11)16(19,20)21)25-6-5-24-15(22)13(25)8-14(18)23-2/h3-4,7,9,13H,5-6,8H2,1-2H3,(H2,22,24). The van der Waals surface area contributed by atoms with Gasteiger partial charge in [0.1, 0.15) is 11.0 Å². The average molecular weight is 395 g/mol. The Bertz CT molecular complexity index is 688. The third-order valence-electron chi connectivity index (χ3n) is 4.27. The molecule has 1 aliphatic heterocycles. The lowest BCUT2D eigenvalue weighted by Gasteiger charge is -2.39. The van der Waals surface area contributed by atoms with Gasteiger partial charge < -0.3 is 5.73 Å². The van der Waals surface area contributed by atoms with Crippen molar-refractivity contribution < 1.29 is 13.2 Å². The van der Waals surface area contributed by atoms with Crippen molar-refractivity contribution in [2.75, 3.05) is 20.1 Å². The number of benzene rings is 1. The van der Waals surface area contributed by atoms with E-state index in [-0.39, 0.29) is 10.6 Å². The van der Waals surface area contributed by atoms with Crippen LogP contribution in [0.25, 0.3) is 0 Å². The molecular formula is C16H19Cl2F3N4. The first-order valence-corrected chi connectivity index (χ1v) is 8.44. The molecule has 1 aliphatic rings. The van der Waals surface area contributed by atoms with E-state index in [2.05, 4.69) is 9.98 Å². The van der Waals surface area contributed by atoms with E-state index in [0.717, 1.165) is 6.07 Å². The van der Waals surface area contributed by atoms with Gasteiger partial charge in [0.05, 0.1) is 18.2 Å². The second-order valence-corrected chi connectivity index (χ2v) is 6.64. The number of hydrogen-bond donors (Lipinski definition) is 1. The van der Waals surface area contributed by atoms with Crippen LogP contribution in [0, 0.1) is 0 Å². The second-order valence-electron chi connectivity index (χ2n) is 5.77. The highest BCUT2D eigenvalue weighted by Crippen LogP contribution is 2.38. The number of amidine groups is 1. The van der Waals surface area contributed by atoms with Gasteiger partial charge in [0.15, 0.2) is 0 Å². The number of hydrogen-bond acceptors (Lipinski definition) is 4. The summed E-state index contributed by atoms with van der Waals surface area (Å²) in [6.07, 6.45) is -4.18. The Labute approximate surface area is 154 Å². The first-order valence-electron chi connectivity index (χ1n) is 7.68. The lowest BCUT2D eigenvalue weighted by Crippen LogP contribution is -2.51. The number of nitrogens with two attached hydrogens (primary N) is 1. The minimum absolute atomic E-state index is 0.101. The normalized spacial score (nSPS) is 21.2. The Morgan fingerprint density at radius 3 is 2.76 bits per heavy atom. The molecule has 1 aromatic rings. The van der Waals surface area contributed by atoms with Crippen molar-refractivity contribution in [1.29, 1.82) is 0 Å². The van der Waals surface area contributed by atoms with Crippen LogP contribution in [0.5, 0.6) is 0 Å². The molecule has 25 heavy (non-hydrogen) atoms. The molecule has 0 bridgehead atoms. The molecule has 2 N–H and O–H groups in total. The zero-order valence-corrected chi connectivity index (χ0v) is 15.3. The van der Waals surface area contributed by atoms with Crippen molar-refractivity contribution in [2.24, 2.45) is 15.7 Å². The minimum Gasteiger partial charge on any atom is -0.386 e. The fraction of sp³-hybridized carbons (Fsp3) is 0.500. The van der Waals surface area contributed by atoms with Gasteiger partial charge in [0, 0.05) is 31.1 Å². The van der Waals surface area contributed by atoms with Gasteiger partial charge in [-0.25, -0.2) is 0 Å². The molecule has 0 saturated heterocycles. The quantitative estimate of drug-likeness (QED) is 0.780. The van der Waals surface area contributed by atoms with Crippen LogP contribution < -0.4 is 5.73 Å². The largest absolute Gasteiger partial charge is 0.416 e. The zero-order valence-electron chi connectivity index (χ0n) is 13.8. The zero-order chi connectivity index (χ0) is 18.8. The number of alkyl halides is 3. The van der Waals surface area contributed by atoms with Gasteiger partial charge in [-0.1, -0.05) is 23.2 Å². The first kappa shape index (κ1) is 20.0. The number of nitrogens with zero attached hydrogens (tertiary/aromatic N) is 3. The predicted octanol–water partition coefficient (Wildman–Crippen LogP) is 4.12. The summed E-state index contributed by atoms with van der Waals surface area (Å²) >= 11 is 12.0. The average Bonchev–Trinajstić information content (AvgIpc) is 2.54. The van der Waals surface area contributed by atoms with E-state index >= 15 is 0 Å². The fourth-order valence-electron chi connectivity index (χ4n) is 2.98. The van der Waals surface area contributed by atoms with Crippen LogP contribution in [-0.2, 0) is 6.18 Å². The molecule has 138 valence electrons. The third kappa shape index (κ3) is 4.65. The summed E-state index contributed by atoms with van der Waals surface area (Å²) in [5.74, 6) is 0.343. The summed E-state index contributed by atoms with van der Waals surface area (Å²) in [5, 5.41) is 0.586. The minimum atomic E-state index is -4.47. The molecule has 0 radical (unpaired) electrons. The molecule has 4 nitrogen and oxygen atoms in total. The maximum absolute atomic E-state index is 13.4. The highest BCUT2D eigenvalue weighted by atomic mass is 35.5. The molecule has 2 atom stereocenters. The summed E-state index contributed by atoms with van der Waals surface area (Å²) in [6, 6.07) is 2.61. The SMILES string of the molecule is CN=C(Cl)CC1C(N)=NCCN1C(C)c1cc(Cl)ccc1C(F)(F)F. The van der Waals surface area contributed by atoms with Crippen molar-refractivity contribution in [3.63, 3.8) is 0 Å². The molecule has 0 aliphatic carbocycles. The van der Waals surface area contributed by atoms with Crippen molar-refractivity contribution >= 4 is 34.2 Å². The van der Waals surface area contributed by atoms with Crippen LogP contribution in [-0.4, -0.2) is 42.1 Å². The van der Waals surface area contributed by atoms with Crippen molar-refractivity contribution in [3.05, 3.63) is 34.3 Å². The van der Waals surface area contributed by atoms with Gasteiger partial charge in [-0.2, -0.15) is 13.2 Å². The lowest BCUT2D eigenvalue weighted by molar-refractivity contribution is -0.138. The Morgan fingerprint density at radius 1 is 1.48 bits per heavy atom. The van der Waals surface area contributed by atoms with Gasteiger partial charge >= 0.3 is 6.18 Å². The van der Waals surface area contributed by atoms with E-state index in [1.165, 1.54) is 12.1 Å². The predicted molar refractivity (Wildman–Crippen MR) is 95.7 cm³/mol. The van der Waals surface area contributed by atoms with E-state index in [1.54, 1.807) is 14.0 Å². The van der Waals surface area contributed by atoms with Crippen LogP contribution in [0.15, 0.2) is 28.2 Å². The van der Waals surface area contributed by atoms with Crippen LogP contribution in [0.4, 0.5) is 13.2 Å². The molecule has 1 heterocycles. The van der Waals surface area contributed by atoms with Gasteiger partial charge in [-0.15, -0.1) is 0 Å². The Morgan fingerprint density at radius 2 is 2.16 bits per heavy atom. The molecular weight excluding hydrogens is 376 g/mol. The summed E-state index contributed by atoms with van der Waals surface area (Å²) in [5.41, 5.74) is 5.38. The Balaban J connectivity index is 2.43. The van der Waals surface area contributed by atoms with Crippen LogP contribution in [0.3, 0.4) is 0 Å². The van der Waals surface area contributed by atoms with Gasteiger partial charge in [-0.3, -0.25) is 14.9 Å². The number of aliphatic imine (C=N–C) groups is 2. The van der Waals surface area contributed by atoms with Crippen molar-refractivity contribution in [2.45, 2.75) is 31.6 Å². The maximum Gasteiger partial charge on any atom is 0.416 e. The summed E-state index contributed by atoms with van der Waals surface area (Å²) in [6.45, 7) is 2.57. The third-order valence-corrected chi connectivity index (χ3v) is 4.82. The second kappa shape index (κ2) is 7.93. The maximum atomic E-state index is 13.4. The lowest BCUT2D eigenvalue weighted by atomic mass is 9.97. The van der Waals surface area contributed by atoms with Crippen LogP contribution in [0.1, 0.15) is 30.5 Å². The van der Waals surface area contributed by atoms with E-state index < -0.39 is 23.8 Å². The summed E-state index contributed by atoms with van der Waals surface area (Å²) < 4.78 is 40.2. The van der Waals surface area contributed by atoms with E-state index in [9.17, 15) is 13.2 Å². The van der Waals surface area contributed by atoms with Crippen LogP contribution in [0.2, 0.25) is 5.02 Å². The topological polar surface area (TPSA) is 54.0 Å². The fourth-order valence-corrected chi connectivity index (χ4v) is 3.30. The molecule has 2 rings (SSSR count). The van der Waals surface area contributed by atoms with Gasteiger partial charge in [-0.05, 0) is 30.7 Å². The number of rotatable bonds is 4. The van der Waals surface area contributed by atoms with E-state index in [1.807, 2.05) is 4.90 Å². The molecule has 0 aromatic heterocycles. The molecule has 0 saturated carbocycles.